The van der Waals surface area contributed by atoms with Crippen molar-refractivity contribution in [2.75, 3.05) is 5.73 Å². The van der Waals surface area contributed by atoms with Crippen LogP contribution in [0.5, 0.6) is 0 Å². The molecule has 104 valence electrons. The van der Waals surface area contributed by atoms with Crippen molar-refractivity contribution in [3.63, 3.8) is 0 Å². The van der Waals surface area contributed by atoms with Crippen LogP contribution in [-0.4, -0.2) is 9.55 Å². The molecule has 21 heavy (non-hydrogen) atoms. The van der Waals surface area contributed by atoms with Gasteiger partial charge in [0.2, 0.25) is 5.95 Å². The number of nitrogens with zero attached hydrogens (tertiary/aromatic N) is 3. The molecular formula is C17H16N4. The van der Waals surface area contributed by atoms with Crippen LogP contribution in [0, 0.1) is 11.3 Å². The molecule has 0 amide bonds. The highest BCUT2D eigenvalue weighted by atomic mass is 15.1. The van der Waals surface area contributed by atoms with Crippen LogP contribution in [-0.2, 0) is 13.0 Å². The molecule has 4 heteroatoms. The maximum Gasteiger partial charge on any atom is 0.201 e. The number of para-hydroxylation sites is 1. The van der Waals surface area contributed by atoms with Gasteiger partial charge in [0.25, 0.3) is 0 Å². The molecule has 0 aliphatic rings. The fourth-order valence-electron chi connectivity index (χ4n) is 2.48. The normalized spacial score (nSPS) is 10.7. The van der Waals surface area contributed by atoms with E-state index < -0.39 is 0 Å². The second-order valence-corrected chi connectivity index (χ2v) is 5.01. The van der Waals surface area contributed by atoms with E-state index in [0.717, 1.165) is 11.9 Å². The van der Waals surface area contributed by atoms with Gasteiger partial charge in [0.05, 0.1) is 17.6 Å². The number of nitriles is 1. The van der Waals surface area contributed by atoms with Gasteiger partial charge in [-0.3, -0.25) is 0 Å². The van der Waals surface area contributed by atoms with E-state index in [9.17, 15) is 0 Å². The number of imidazole rings is 1. The SMILES string of the molecule is CCc1ccc(Cn2c(N)nc3c(C#N)cccc32)cc1. The molecule has 0 radical (unpaired) electrons. The number of aromatic nitrogens is 2. The Morgan fingerprint density at radius 3 is 2.52 bits per heavy atom. The van der Waals surface area contributed by atoms with Gasteiger partial charge in [0.1, 0.15) is 11.6 Å². The van der Waals surface area contributed by atoms with Crippen LogP contribution >= 0.6 is 0 Å². The van der Waals surface area contributed by atoms with Crippen LogP contribution in [0.4, 0.5) is 5.95 Å². The van der Waals surface area contributed by atoms with E-state index in [2.05, 4.69) is 42.2 Å². The summed E-state index contributed by atoms with van der Waals surface area (Å²) in [6.07, 6.45) is 1.03. The highest BCUT2D eigenvalue weighted by Gasteiger charge is 2.11. The molecule has 0 aliphatic carbocycles. The number of nitrogen functional groups attached to an aromatic ring is 1. The average molecular weight is 276 g/mol. The summed E-state index contributed by atoms with van der Waals surface area (Å²) in [7, 11) is 0. The third-order valence-electron chi connectivity index (χ3n) is 3.70. The van der Waals surface area contributed by atoms with Crippen LogP contribution in [0.15, 0.2) is 42.5 Å². The van der Waals surface area contributed by atoms with Gasteiger partial charge in [-0.05, 0) is 29.7 Å². The van der Waals surface area contributed by atoms with Gasteiger partial charge in [-0.1, -0.05) is 37.3 Å². The maximum atomic E-state index is 9.14. The summed E-state index contributed by atoms with van der Waals surface area (Å²) >= 11 is 0. The van der Waals surface area contributed by atoms with Crippen molar-refractivity contribution in [1.82, 2.24) is 9.55 Å². The molecule has 0 spiro atoms. The molecular weight excluding hydrogens is 260 g/mol. The number of benzene rings is 2. The number of hydrogen-bond acceptors (Lipinski definition) is 3. The first-order chi connectivity index (χ1) is 10.2. The molecule has 3 aromatic rings. The first kappa shape index (κ1) is 13.2. The molecule has 2 N–H and O–H groups in total. The molecule has 0 unspecified atom stereocenters. The van der Waals surface area contributed by atoms with E-state index in [-0.39, 0.29) is 0 Å². The molecule has 4 nitrogen and oxygen atoms in total. The van der Waals surface area contributed by atoms with Crippen LogP contribution in [0.1, 0.15) is 23.6 Å². The number of rotatable bonds is 3. The number of fused-ring (bicyclic) bond motifs is 1. The van der Waals surface area contributed by atoms with E-state index >= 15 is 0 Å². The predicted octanol–water partition coefficient (Wildman–Crippen LogP) is 3.10. The van der Waals surface area contributed by atoms with Gasteiger partial charge >= 0.3 is 0 Å². The molecule has 0 saturated heterocycles. The number of anilines is 1. The number of hydrogen-bond donors (Lipinski definition) is 1. The van der Waals surface area contributed by atoms with Gasteiger partial charge in [0, 0.05) is 0 Å². The summed E-state index contributed by atoms with van der Waals surface area (Å²) in [6, 6.07) is 16.2. The summed E-state index contributed by atoms with van der Waals surface area (Å²) in [5, 5.41) is 9.14. The average Bonchev–Trinajstić information content (AvgIpc) is 2.84. The third-order valence-corrected chi connectivity index (χ3v) is 3.70. The van der Waals surface area contributed by atoms with Crippen LogP contribution in [0.3, 0.4) is 0 Å². The van der Waals surface area contributed by atoms with Gasteiger partial charge in [-0.15, -0.1) is 0 Å². The Morgan fingerprint density at radius 2 is 1.86 bits per heavy atom. The van der Waals surface area contributed by atoms with Gasteiger partial charge < -0.3 is 10.3 Å². The Hall–Kier alpha value is -2.80. The first-order valence-corrected chi connectivity index (χ1v) is 6.95. The van der Waals surface area contributed by atoms with E-state index in [0.29, 0.717) is 23.6 Å². The fraction of sp³-hybridized carbons (Fsp3) is 0.176. The van der Waals surface area contributed by atoms with Crippen molar-refractivity contribution < 1.29 is 0 Å². The highest BCUT2D eigenvalue weighted by Crippen LogP contribution is 2.22. The Bertz CT molecular complexity index is 822. The summed E-state index contributed by atoms with van der Waals surface area (Å²) in [5.74, 6) is 0.437. The van der Waals surface area contributed by atoms with Crippen LogP contribution in [0.25, 0.3) is 11.0 Å². The van der Waals surface area contributed by atoms with E-state index in [4.69, 9.17) is 11.0 Å². The Morgan fingerprint density at radius 1 is 1.14 bits per heavy atom. The molecule has 2 aromatic carbocycles. The lowest BCUT2D eigenvalue weighted by atomic mass is 10.1. The maximum absolute atomic E-state index is 9.14. The van der Waals surface area contributed by atoms with Crippen LogP contribution < -0.4 is 5.73 Å². The smallest absolute Gasteiger partial charge is 0.201 e. The summed E-state index contributed by atoms with van der Waals surface area (Å²) in [6.45, 7) is 2.79. The van der Waals surface area contributed by atoms with Crippen molar-refractivity contribution in [2.45, 2.75) is 19.9 Å². The summed E-state index contributed by atoms with van der Waals surface area (Å²) in [4.78, 5) is 4.33. The van der Waals surface area contributed by atoms with E-state index in [1.807, 2.05) is 16.7 Å². The Balaban J connectivity index is 2.04. The second-order valence-electron chi connectivity index (χ2n) is 5.01. The first-order valence-electron chi connectivity index (χ1n) is 6.95. The number of aryl methyl sites for hydroxylation is 1. The minimum absolute atomic E-state index is 0.437. The molecule has 0 fully saturated rings. The standard InChI is InChI=1S/C17H16N4/c1-2-12-6-8-13(9-7-12)11-21-15-5-3-4-14(10-18)16(15)20-17(21)19/h3-9H,2,11H2,1H3,(H2,19,20). The minimum atomic E-state index is 0.437. The highest BCUT2D eigenvalue weighted by molar-refractivity contribution is 5.84. The summed E-state index contributed by atoms with van der Waals surface area (Å²) in [5.41, 5.74) is 10.6. The van der Waals surface area contributed by atoms with Gasteiger partial charge in [0.15, 0.2) is 0 Å². The van der Waals surface area contributed by atoms with E-state index in [1.54, 1.807) is 6.07 Å². The third kappa shape index (κ3) is 2.34. The second kappa shape index (κ2) is 5.29. The van der Waals surface area contributed by atoms with E-state index in [1.165, 1.54) is 11.1 Å². The molecule has 1 heterocycles. The molecule has 0 atom stereocenters. The quantitative estimate of drug-likeness (QED) is 0.799. The van der Waals surface area contributed by atoms with Crippen LogP contribution in [0.2, 0.25) is 0 Å². The van der Waals surface area contributed by atoms with Crippen molar-refractivity contribution in [2.24, 2.45) is 0 Å². The zero-order valence-electron chi connectivity index (χ0n) is 11.9. The van der Waals surface area contributed by atoms with Crippen molar-refractivity contribution >= 4 is 17.0 Å². The summed E-state index contributed by atoms with van der Waals surface area (Å²) < 4.78 is 1.94. The largest absolute Gasteiger partial charge is 0.369 e. The lowest BCUT2D eigenvalue weighted by Gasteiger charge is -2.07. The van der Waals surface area contributed by atoms with Crippen molar-refractivity contribution in [1.29, 1.82) is 5.26 Å². The minimum Gasteiger partial charge on any atom is -0.369 e. The van der Waals surface area contributed by atoms with Crippen molar-refractivity contribution in [3.8, 4) is 6.07 Å². The molecule has 0 aliphatic heterocycles. The van der Waals surface area contributed by atoms with Crippen molar-refractivity contribution in [3.05, 3.63) is 59.2 Å². The Labute approximate surface area is 123 Å². The lowest BCUT2D eigenvalue weighted by molar-refractivity contribution is 0.837. The topological polar surface area (TPSA) is 67.6 Å². The molecule has 3 rings (SSSR count). The molecule has 1 aromatic heterocycles. The molecule has 0 saturated carbocycles. The zero-order chi connectivity index (χ0) is 14.8. The van der Waals surface area contributed by atoms with Gasteiger partial charge in [-0.25, -0.2) is 4.98 Å². The molecule has 0 bridgehead atoms. The predicted molar refractivity (Wildman–Crippen MR) is 83.8 cm³/mol. The Kier molecular flexibility index (Phi) is 3.33. The van der Waals surface area contributed by atoms with Gasteiger partial charge in [-0.2, -0.15) is 5.26 Å². The number of nitrogens with two attached hydrogens (primary N) is 1. The lowest BCUT2D eigenvalue weighted by Crippen LogP contribution is -2.04. The monoisotopic (exact) mass is 276 g/mol. The zero-order valence-corrected chi connectivity index (χ0v) is 11.9. The fourth-order valence-corrected chi connectivity index (χ4v) is 2.48.